The van der Waals surface area contributed by atoms with Crippen LogP contribution in [0.25, 0.3) is 0 Å². The molecule has 0 aliphatic heterocycles. The van der Waals surface area contributed by atoms with Crippen LogP contribution in [-0.2, 0) is 13.0 Å². The van der Waals surface area contributed by atoms with E-state index in [9.17, 15) is 0 Å². The molecule has 1 rings (SSSR count). The van der Waals surface area contributed by atoms with Crippen molar-refractivity contribution in [3.8, 4) is 0 Å². The molecule has 1 nitrogen and oxygen atoms in total. The lowest BCUT2D eigenvalue weighted by atomic mass is 10.1. The van der Waals surface area contributed by atoms with E-state index in [4.69, 9.17) is 0 Å². The lowest BCUT2D eigenvalue weighted by Crippen LogP contribution is -3.00. The van der Waals surface area contributed by atoms with Gasteiger partial charge in [0.05, 0.1) is 0 Å². The number of hydrogen-bond acceptors (Lipinski definition) is 0. The van der Waals surface area contributed by atoms with Crippen LogP contribution < -0.4 is 9.27 Å². The summed E-state index contributed by atoms with van der Waals surface area (Å²) in [6.45, 7) is 5.66. The zero-order valence-corrected chi connectivity index (χ0v) is 10.6. The standard InChI is InChI=1S/C14H24N.FH/c1-3-5-7-11-15-12-9-14(10-13-15)8-6-4-2;/h9-10,12-13H,3-8,11H2,1-2H3;1H/q+1;/p-1. The van der Waals surface area contributed by atoms with Crippen molar-refractivity contribution in [3.63, 3.8) is 0 Å². The van der Waals surface area contributed by atoms with Crippen molar-refractivity contribution in [2.24, 2.45) is 0 Å². The van der Waals surface area contributed by atoms with Gasteiger partial charge in [-0.25, -0.2) is 4.57 Å². The summed E-state index contributed by atoms with van der Waals surface area (Å²) < 4.78 is 2.30. The monoisotopic (exact) mass is 225 g/mol. The van der Waals surface area contributed by atoms with Gasteiger partial charge in [0.25, 0.3) is 0 Å². The molecule has 0 radical (unpaired) electrons. The number of hydrogen-bond donors (Lipinski definition) is 0. The molecule has 2 heteroatoms. The zero-order chi connectivity index (χ0) is 10.9. The molecule has 1 heterocycles. The summed E-state index contributed by atoms with van der Waals surface area (Å²) in [4.78, 5) is 0. The predicted molar refractivity (Wildman–Crippen MR) is 64.8 cm³/mol. The van der Waals surface area contributed by atoms with Gasteiger partial charge in [-0.05, 0) is 24.8 Å². The number of pyridine rings is 1. The van der Waals surface area contributed by atoms with E-state index in [0.29, 0.717) is 0 Å². The fraction of sp³-hybridized carbons (Fsp3) is 0.643. The number of nitrogens with zero attached hydrogens (tertiary/aromatic N) is 1. The highest BCUT2D eigenvalue weighted by Crippen LogP contribution is 2.02. The maximum Gasteiger partial charge on any atom is 0.169 e. The molecule has 0 unspecified atom stereocenters. The lowest BCUT2D eigenvalue weighted by molar-refractivity contribution is -0.697. The van der Waals surface area contributed by atoms with Gasteiger partial charge in [-0.3, -0.25) is 0 Å². The van der Waals surface area contributed by atoms with Gasteiger partial charge < -0.3 is 4.70 Å². The Balaban J connectivity index is 0.00000225. The number of unbranched alkanes of at least 4 members (excludes halogenated alkanes) is 3. The molecule has 0 spiro atoms. The maximum atomic E-state index is 2.30. The molecule has 1 aromatic rings. The average molecular weight is 225 g/mol. The van der Waals surface area contributed by atoms with Gasteiger partial charge in [-0.15, -0.1) is 0 Å². The Morgan fingerprint density at radius 2 is 1.56 bits per heavy atom. The summed E-state index contributed by atoms with van der Waals surface area (Å²) in [5.74, 6) is 0. The molecule has 0 aliphatic carbocycles. The highest BCUT2D eigenvalue weighted by molar-refractivity contribution is 5.06. The first-order valence-electron chi connectivity index (χ1n) is 6.34. The number of rotatable bonds is 7. The van der Waals surface area contributed by atoms with Gasteiger partial charge in [-0.1, -0.05) is 26.7 Å². The third-order valence-corrected chi connectivity index (χ3v) is 2.80. The van der Waals surface area contributed by atoms with E-state index < -0.39 is 0 Å². The van der Waals surface area contributed by atoms with Crippen molar-refractivity contribution < 1.29 is 9.27 Å². The first kappa shape index (κ1) is 15.1. The molecule has 0 saturated heterocycles. The van der Waals surface area contributed by atoms with E-state index >= 15 is 0 Å². The highest BCUT2D eigenvalue weighted by atomic mass is 19.0. The minimum atomic E-state index is 0. The molecule has 1 aromatic heterocycles. The van der Waals surface area contributed by atoms with E-state index in [0.717, 1.165) is 0 Å². The second-order valence-electron chi connectivity index (χ2n) is 4.25. The topological polar surface area (TPSA) is 3.88 Å². The van der Waals surface area contributed by atoms with Crippen LogP contribution in [0.4, 0.5) is 0 Å². The van der Waals surface area contributed by atoms with Crippen molar-refractivity contribution >= 4 is 0 Å². The largest absolute Gasteiger partial charge is 1.00 e. The average Bonchev–Trinajstić information content (AvgIpc) is 2.28. The minimum absolute atomic E-state index is 0. The highest BCUT2D eigenvalue weighted by Gasteiger charge is 1.99. The fourth-order valence-corrected chi connectivity index (χ4v) is 1.73. The minimum Gasteiger partial charge on any atom is -1.00 e. The van der Waals surface area contributed by atoms with E-state index in [1.807, 2.05) is 0 Å². The van der Waals surface area contributed by atoms with Crippen molar-refractivity contribution in [2.45, 2.75) is 58.9 Å². The van der Waals surface area contributed by atoms with Gasteiger partial charge in [0.15, 0.2) is 12.4 Å². The Morgan fingerprint density at radius 1 is 0.938 bits per heavy atom. The van der Waals surface area contributed by atoms with E-state index in [1.54, 1.807) is 0 Å². The Labute approximate surface area is 98.9 Å². The van der Waals surface area contributed by atoms with Gasteiger partial charge in [-0.2, -0.15) is 0 Å². The number of aromatic nitrogens is 1. The third-order valence-electron chi connectivity index (χ3n) is 2.80. The van der Waals surface area contributed by atoms with E-state index in [2.05, 4.69) is 42.9 Å². The summed E-state index contributed by atoms with van der Waals surface area (Å²) in [5.41, 5.74) is 1.48. The van der Waals surface area contributed by atoms with Crippen LogP contribution in [0.3, 0.4) is 0 Å². The van der Waals surface area contributed by atoms with E-state index in [1.165, 1.54) is 50.6 Å². The van der Waals surface area contributed by atoms with Gasteiger partial charge in [0.1, 0.15) is 6.54 Å². The van der Waals surface area contributed by atoms with Crippen molar-refractivity contribution in [3.05, 3.63) is 30.1 Å². The SMILES string of the molecule is CCCCC[n+]1ccc(CCCC)cc1.[F-]. The molecule has 0 bridgehead atoms. The smallest absolute Gasteiger partial charge is 0.169 e. The van der Waals surface area contributed by atoms with Crippen LogP contribution >= 0.6 is 0 Å². The van der Waals surface area contributed by atoms with Crippen LogP contribution in [0.1, 0.15) is 51.5 Å². The Kier molecular flexibility index (Phi) is 8.78. The van der Waals surface area contributed by atoms with Gasteiger partial charge in [0.2, 0.25) is 0 Å². The summed E-state index contributed by atoms with van der Waals surface area (Å²) in [7, 11) is 0. The van der Waals surface area contributed by atoms with Gasteiger partial charge >= 0.3 is 0 Å². The van der Waals surface area contributed by atoms with Crippen LogP contribution in [0.5, 0.6) is 0 Å². The quantitative estimate of drug-likeness (QED) is 0.470. The molecule has 0 amide bonds. The molecular weight excluding hydrogens is 201 g/mol. The molecule has 0 fully saturated rings. The van der Waals surface area contributed by atoms with Crippen molar-refractivity contribution in [1.29, 1.82) is 0 Å². The van der Waals surface area contributed by atoms with Crippen LogP contribution in [0.15, 0.2) is 24.5 Å². The third kappa shape index (κ3) is 5.84. The maximum absolute atomic E-state index is 2.30. The normalized spacial score (nSPS) is 9.88. The van der Waals surface area contributed by atoms with Crippen LogP contribution in [0.2, 0.25) is 0 Å². The molecule has 92 valence electrons. The molecule has 0 saturated carbocycles. The zero-order valence-electron chi connectivity index (χ0n) is 10.6. The van der Waals surface area contributed by atoms with Crippen molar-refractivity contribution in [1.82, 2.24) is 0 Å². The molecule has 0 N–H and O–H groups in total. The molecule has 16 heavy (non-hydrogen) atoms. The first-order valence-corrected chi connectivity index (χ1v) is 6.34. The fourth-order valence-electron chi connectivity index (χ4n) is 1.73. The number of aryl methyl sites for hydroxylation is 2. The molecular formula is C14H24FN. The summed E-state index contributed by atoms with van der Waals surface area (Å²) in [6, 6.07) is 4.53. The van der Waals surface area contributed by atoms with Crippen molar-refractivity contribution in [2.75, 3.05) is 0 Å². The molecule has 0 atom stereocenters. The van der Waals surface area contributed by atoms with Crippen LogP contribution in [0, 0.1) is 0 Å². The number of halogens is 1. The van der Waals surface area contributed by atoms with Gasteiger partial charge in [0, 0.05) is 18.6 Å². The Morgan fingerprint density at radius 3 is 2.12 bits per heavy atom. The summed E-state index contributed by atoms with van der Waals surface area (Å²) in [6.07, 6.45) is 12.2. The summed E-state index contributed by atoms with van der Waals surface area (Å²) in [5, 5.41) is 0. The van der Waals surface area contributed by atoms with E-state index in [-0.39, 0.29) is 4.70 Å². The second kappa shape index (κ2) is 9.32. The second-order valence-corrected chi connectivity index (χ2v) is 4.25. The Bertz CT molecular complexity index is 256. The summed E-state index contributed by atoms with van der Waals surface area (Å²) >= 11 is 0. The van der Waals surface area contributed by atoms with Crippen LogP contribution in [-0.4, -0.2) is 0 Å². The molecule has 0 aliphatic rings. The molecule has 0 aromatic carbocycles. The predicted octanol–water partition coefficient (Wildman–Crippen LogP) is 0.511. The lowest BCUT2D eigenvalue weighted by Gasteiger charge is -1.99. The first-order chi connectivity index (χ1) is 7.36. The Hall–Kier alpha value is -0.920.